The first-order valence-corrected chi connectivity index (χ1v) is 5.43. The molecule has 0 aliphatic carbocycles. The number of halogens is 1. The van der Waals surface area contributed by atoms with Gasteiger partial charge in [-0.2, -0.15) is 0 Å². The summed E-state index contributed by atoms with van der Waals surface area (Å²) in [6.45, 7) is 1.41. The average molecular weight is 245 g/mol. The number of phenols is 1. The third-order valence-corrected chi connectivity index (χ3v) is 2.45. The van der Waals surface area contributed by atoms with Crippen molar-refractivity contribution in [3.8, 4) is 16.9 Å². The van der Waals surface area contributed by atoms with Crippen molar-refractivity contribution in [3.63, 3.8) is 0 Å². The van der Waals surface area contributed by atoms with Crippen LogP contribution in [0.3, 0.4) is 0 Å². The summed E-state index contributed by atoms with van der Waals surface area (Å²) in [5.41, 5.74) is 1.63. The monoisotopic (exact) mass is 245 g/mol. The minimum Gasteiger partial charge on any atom is -0.507 e. The number of carbonyl (C=O) groups excluding carboxylic acids is 1. The number of aromatic hydroxyl groups is 1. The summed E-state index contributed by atoms with van der Waals surface area (Å²) in [5, 5.41) is 12.3. The van der Waals surface area contributed by atoms with Crippen LogP contribution in [0.4, 0.5) is 10.1 Å². The molecule has 2 aromatic carbocycles. The molecule has 92 valence electrons. The van der Waals surface area contributed by atoms with Crippen molar-refractivity contribution in [2.24, 2.45) is 0 Å². The van der Waals surface area contributed by atoms with Gasteiger partial charge >= 0.3 is 0 Å². The van der Waals surface area contributed by atoms with Crippen molar-refractivity contribution in [2.45, 2.75) is 6.92 Å². The molecule has 0 saturated carbocycles. The molecule has 0 atom stereocenters. The van der Waals surface area contributed by atoms with Gasteiger partial charge in [0.2, 0.25) is 5.91 Å². The summed E-state index contributed by atoms with van der Waals surface area (Å²) in [7, 11) is 0. The number of amides is 1. The van der Waals surface area contributed by atoms with E-state index >= 15 is 0 Å². The molecule has 0 unspecified atom stereocenters. The molecule has 0 saturated heterocycles. The van der Waals surface area contributed by atoms with Crippen molar-refractivity contribution in [2.75, 3.05) is 5.32 Å². The highest BCUT2D eigenvalue weighted by Gasteiger charge is 2.06. The zero-order valence-electron chi connectivity index (χ0n) is 9.77. The van der Waals surface area contributed by atoms with Gasteiger partial charge in [0.05, 0.1) is 0 Å². The molecule has 0 fully saturated rings. The normalized spacial score (nSPS) is 10.1. The molecule has 2 aromatic rings. The highest BCUT2D eigenvalue weighted by molar-refractivity contribution is 5.89. The maximum atomic E-state index is 13.2. The lowest BCUT2D eigenvalue weighted by Gasteiger charge is -2.07. The number of phenolic OH excluding ortho intramolecular Hbond substituents is 1. The van der Waals surface area contributed by atoms with Crippen LogP contribution in [0.25, 0.3) is 11.1 Å². The van der Waals surface area contributed by atoms with Gasteiger partial charge in [-0.25, -0.2) is 4.39 Å². The molecule has 18 heavy (non-hydrogen) atoms. The second kappa shape index (κ2) is 4.87. The van der Waals surface area contributed by atoms with Crippen LogP contribution in [0.2, 0.25) is 0 Å². The second-order valence-electron chi connectivity index (χ2n) is 3.92. The lowest BCUT2D eigenvalue weighted by Crippen LogP contribution is -2.05. The van der Waals surface area contributed by atoms with E-state index < -0.39 is 5.82 Å². The van der Waals surface area contributed by atoms with Gasteiger partial charge in [0.25, 0.3) is 0 Å². The molecule has 0 aromatic heterocycles. The van der Waals surface area contributed by atoms with Gasteiger partial charge < -0.3 is 10.4 Å². The average Bonchev–Trinajstić information content (AvgIpc) is 2.32. The van der Waals surface area contributed by atoms with Crippen LogP contribution in [0, 0.1) is 5.82 Å². The largest absolute Gasteiger partial charge is 0.507 e. The first-order valence-electron chi connectivity index (χ1n) is 5.43. The van der Waals surface area contributed by atoms with Gasteiger partial charge in [0, 0.05) is 18.2 Å². The predicted octanol–water partition coefficient (Wildman–Crippen LogP) is 3.16. The van der Waals surface area contributed by atoms with Gasteiger partial charge in [-0.1, -0.05) is 12.1 Å². The van der Waals surface area contributed by atoms with Crippen LogP contribution in [-0.4, -0.2) is 11.0 Å². The molecule has 2 rings (SSSR count). The van der Waals surface area contributed by atoms with Crippen molar-refractivity contribution < 1.29 is 14.3 Å². The number of hydrogen-bond acceptors (Lipinski definition) is 2. The van der Waals surface area contributed by atoms with E-state index in [0.717, 1.165) is 0 Å². The number of anilines is 1. The molecule has 0 heterocycles. The number of hydrogen-bond donors (Lipinski definition) is 2. The summed E-state index contributed by atoms with van der Waals surface area (Å²) in [4.78, 5) is 11.0. The van der Waals surface area contributed by atoms with E-state index in [1.54, 1.807) is 24.3 Å². The van der Waals surface area contributed by atoms with Gasteiger partial charge in [0.15, 0.2) is 0 Å². The first kappa shape index (κ1) is 12.1. The first-order chi connectivity index (χ1) is 8.56. The summed E-state index contributed by atoms with van der Waals surface area (Å²) in [6.07, 6.45) is 0. The standard InChI is InChI=1S/C14H12FNO2/c1-9(17)16-12-4-2-3-10(7-12)13-8-11(15)5-6-14(13)18/h2-8,18H,1H3,(H,16,17). The molecule has 1 amide bonds. The molecular formula is C14H12FNO2. The fourth-order valence-electron chi connectivity index (χ4n) is 1.71. The third kappa shape index (κ3) is 2.66. The molecule has 0 aliphatic rings. The maximum Gasteiger partial charge on any atom is 0.221 e. The summed E-state index contributed by atoms with van der Waals surface area (Å²) in [5.74, 6) is -0.611. The van der Waals surface area contributed by atoms with Crippen molar-refractivity contribution in [1.82, 2.24) is 0 Å². The van der Waals surface area contributed by atoms with Crippen LogP contribution >= 0.6 is 0 Å². The zero-order chi connectivity index (χ0) is 13.1. The Hall–Kier alpha value is -2.36. The van der Waals surface area contributed by atoms with Crippen LogP contribution < -0.4 is 5.32 Å². The summed E-state index contributed by atoms with van der Waals surface area (Å²) >= 11 is 0. The Morgan fingerprint density at radius 1 is 1.22 bits per heavy atom. The Bertz CT molecular complexity index is 596. The third-order valence-electron chi connectivity index (χ3n) is 2.45. The van der Waals surface area contributed by atoms with E-state index in [1.807, 2.05) is 0 Å². The minimum absolute atomic E-state index is 0.00336. The van der Waals surface area contributed by atoms with Gasteiger partial charge in [0.1, 0.15) is 11.6 Å². The number of nitrogens with one attached hydrogen (secondary N) is 1. The van der Waals surface area contributed by atoms with E-state index in [-0.39, 0.29) is 11.7 Å². The Balaban J connectivity index is 2.44. The Labute approximate surface area is 104 Å². The Morgan fingerprint density at radius 3 is 2.72 bits per heavy atom. The molecule has 0 bridgehead atoms. The van der Waals surface area contributed by atoms with E-state index in [0.29, 0.717) is 16.8 Å². The lowest BCUT2D eigenvalue weighted by molar-refractivity contribution is -0.114. The summed E-state index contributed by atoms with van der Waals surface area (Å²) in [6, 6.07) is 10.6. The second-order valence-corrected chi connectivity index (χ2v) is 3.92. The van der Waals surface area contributed by atoms with Gasteiger partial charge in [-0.3, -0.25) is 4.79 Å². The number of benzene rings is 2. The van der Waals surface area contributed by atoms with E-state index in [4.69, 9.17) is 0 Å². The van der Waals surface area contributed by atoms with Crippen molar-refractivity contribution in [1.29, 1.82) is 0 Å². The zero-order valence-corrected chi connectivity index (χ0v) is 9.77. The number of rotatable bonds is 2. The molecule has 0 spiro atoms. The van der Waals surface area contributed by atoms with Crippen LogP contribution in [0.5, 0.6) is 5.75 Å². The minimum atomic E-state index is -0.423. The Kier molecular flexibility index (Phi) is 3.28. The molecule has 0 aliphatic heterocycles. The van der Waals surface area contributed by atoms with Crippen LogP contribution in [-0.2, 0) is 4.79 Å². The topological polar surface area (TPSA) is 49.3 Å². The predicted molar refractivity (Wildman–Crippen MR) is 67.8 cm³/mol. The maximum absolute atomic E-state index is 13.2. The smallest absolute Gasteiger partial charge is 0.221 e. The quantitative estimate of drug-likeness (QED) is 0.853. The number of carbonyl (C=O) groups is 1. The molecule has 3 nitrogen and oxygen atoms in total. The highest BCUT2D eigenvalue weighted by atomic mass is 19.1. The fourth-order valence-corrected chi connectivity index (χ4v) is 1.71. The van der Waals surface area contributed by atoms with Crippen molar-refractivity contribution in [3.05, 3.63) is 48.3 Å². The van der Waals surface area contributed by atoms with Crippen LogP contribution in [0.1, 0.15) is 6.92 Å². The Morgan fingerprint density at radius 2 is 2.00 bits per heavy atom. The van der Waals surface area contributed by atoms with Crippen LogP contribution in [0.15, 0.2) is 42.5 Å². The molecule has 4 heteroatoms. The molecule has 0 radical (unpaired) electrons. The summed E-state index contributed by atoms with van der Waals surface area (Å²) < 4.78 is 13.2. The SMILES string of the molecule is CC(=O)Nc1cccc(-c2cc(F)ccc2O)c1. The lowest BCUT2D eigenvalue weighted by atomic mass is 10.0. The van der Waals surface area contributed by atoms with E-state index in [1.165, 1.54) is 25.1 Å². The van der Waals surface area contributed by atoms with E-state index in [9.17, 15) is 14.3 Å². The highest BCUT2D eigenvalue weighted by Crippen LogP contribution is 2.31. The molecule has 2 N–H and O–H groups in total. The van der Waals surface area contributed by atoms with Crippen molar-refractivity contribution >= 4 is 11.6 Å². The molecular weight excluding hydrogens is 233 g/mol. The van der Waals surface area contributed by atoms with Gasteiger partial charge in [-0.15, -0.1) is 0 Å². The van der Waals surface area contributed by atoms with Gasteiger partial charge in [-0.05, 0) is 35.9 Å². The fraction of sp³-hybridized carbons (Fsp3) is 0.0714. The van der Waals surface area contributed by atoms with E-state index in [2.05, 4.69) is 5.32 Å².